The molecule has 0 unspecified atom stereocenters. The number of fused-ring (bicyclic) bond motifs is 1. The number of carbonyl (C=O) groups excluding carboxylic acids is 1. The lowest BCUT2D eigenvalue weighted by atomic mass is 9.75. The third-order valence-electron chi connectivity index (χ3n) is 5.09. The molecule has 0 aliphatic carbocycles. The highest BCUT2D eigenvalue weighted by Crippen LogP contribution is 2.25. The first-order valence-electron chi connectivity index (χ1n) is 9.25. The molecule has 2 aliphatic rings. The van der Waals surface area contributed by atoms with E-state index in [0.29, 0.717) is 37.4 Å². The molecule has 2 heterocycles. The summed E-state index contributed by atoms with van der Waals surface area (Å²) in [6.45, 7) is 0.876. The number of anilines is 2. The number of aryl methyl sites for hydroxylation is 1. The molecule has 7 nitrogen and oxygen atoms in total. The smallest absolute Gasteiger partial charge is 0.423 e. The van der Waals surface area contributed by atoms with E-state index >= 15 is 0 Å². The van der Waals surface area contributed by atoms with Gasteiger partial charge in [-0.1, -0.05) is 18.2 Å². The largest absolute Gasteiger partial charge is 0.492 e. The van der Waals surface area contributed by atoms with Crippen molar-refractivity contribution in [2.24, 2.45) is 0 Å². The first kappa shape index (κ1) is 19.0. The number of amides is 1. The number of rotatable bonds is 5. The molecule has 0 bridgehead atoms. The highest BCUT2D eigenvalue weighted by Gasteiger charge is 2.30. The van der Waals surface area contributed by atoms with Gasteiger partial charge in [-0.05, 0) is 53.7 Å². The standard InChI is InChI=1S/C19H21BN2O5S/c23-18(10-5-14-3-1-4-15-13-27-20(24)19(14)15)21-16-6-8-17(9-7-16)22-11-2-12-28(22,25)26/h1,3-4,6-9,24H,2,5,10-13H2,(H,21,23). The van der Waals surface area contributed by atoms with E-state index in [1.165, 1.54) is 4.31 Å². The molecular formula is C19H21BN2O5S. The van der Waals surface area contributed by atoms with Crippen LogP contribution < -0.4 is 15.1 Å². The Morgan fingerprint density at radius 3 is 2.71 bits per heavy atom. The summed E-state index contributed by atoms with van der Waals surface area (Å²) in [4.78, 5) is 12.3. The number of carbonyl (C=O) groups is 1. The number of nitrogens with zero attached hydrogens (tertiary/aromatic N) is 1. The summed E-state index contributed by atoms with van der Waals surface area (Å²) in [5.74, 6) is 0.0292. The normalized spacial score (nSPS) is 17.6. The molecule has 0 saturated carbocycles. The van der Waals surface area contributed by atoms with E-state index in [-0.39, 0.29) is 18.1 Å². The van der Waals surface area contributed by atoms with Gasteiger partial charge in [-0.15, -0.1) is 0 Å². The van der Waals surface area contributed by atoms with Gasteiger partial charge in [0.05, 0.1) is 18.0 Å². The number of hydrogen-bond acceptors (Lipinski definition) is 5. The number of sulfonamides is 1. The summed E-state index contributed by atoms with van der Waals surface area (Å²) >= 11 is 0. The molecule has 0 atom stereocenters. The molecule has 2 aromatic carbocycles. The van der Waals surface area contributed by atoms with E-state index in [0.717, 1.165) is 16.6 Å². The lowest BCUT2D eigenvalue weighted by molar-refractivity contribution is -0.116. The molecule has 0 aromatic heterocycles. The molecule has 2 aromatic rings. The second kappa shape index (κ2) is 7.58. The van der Waals surface area contributed by atoms with Crippen LogP contribution in [0, 0.1) is 0 Å². The summed E-state index contributed by atoms with van der Waals surface area (Å²) in [5.41, 5.74) is 3.87. The molecule has 0 spiro atoms. The molecule has 1 fully saturated rings. The number of hydrogen-bond donors (Lipinski definition) is 2. The van der Waals surface area contributed by atoms with Crippen molar-refractivity contribution in [3.05, 3.63) is 53.6 Å². The zero-order chi connectivity index (χ0) is 19.7. The predicted molar refractivity (Wildman–Crippen MR) is 108 cm³/mol. The topological polar surface area (TPSA) is 95.9 Å². The van der Waals surface area contributed by atoms with Crippen molar-refractivity contribution in [2.75, 3.05) is 21.9 Å². The van der Waals surface area contributed by atoms with Gasteiger partial charge < -0.3 is 15.0 Å². The molecule has 2 N–H and O–H groups in total. The average molecular weight is 400 g/mol. The first-order valence-corrected chi connectivity index (χ1v) is 10.9. The van der Waals surface area contributed by atoms with Crippen molar-refractivity contribution in [3.8, 4) is 0 Å². The van der Waals surface area contributed by atoms with Gasteiger partial charge >= 0.3 is 7.12 Å². The maximum absolute atomic E-state index is 12.3. The molecule has 146 valence electrons. The number of benzene rings is 2. The Morgan fingerprint density at radius 2 is 2.00 bits per heavy atom. The van der Waals surface area contributed by atoms with Crippen LogP contribution in [0.5, 0.6) is 0 Å². The highest BCUT2D eigenvalue weighted by atomic mass is 32.2. The lowest BCUT2D eigenvalue weighted by Crippen LogP contribution is -2.31. The van der Waals surface area contributed by atoms with Crippen molar-refractivity contribution in [1.82, 2.24) is 0 Å². The van der Waals surface area contributed by atoms with E-state index in [9.17, 15) is 18.2 Å². The van der Waals surface area contributed by atoms with Gasteiger partial charge in [-0.25, -0.2) is 8.42 Å². The summed E-state index contributed by atoms with van der Waals surface area (Å²) in [6.07, 6.45) is 1.40. The average Bonchev–Trinajstić information content (AvgIpc) is 3.23. The van der Waals surface area contributed by atoms with Crippen LogP contribution in [0.3, 0.4) is 0 Å². The van der Waals surface area contributed by atoms with Gasteiger partial charge in [0.25, 0.3) is 0 Å². The van der Waals surface area contributed by atoms with Crippen LogP contribution in [-0.2, 0) is 32.5 Å². The molecule has 28 heavy (non-hydrogen) atoms. The Labute approximate surface area is 164 Å². The fraction of sp³-hybridized carbons (Fsp3) is 0.316. The van der Waals surface area contributed by atoms with Crippen LogP contribution in [0.15, 0.2) is 42.5 Å². The molecule has 2 aliphatic heterocycles. The first-order chi connectivity index (χ1) is 13.4. The minimum atomic E-state index is -3.21. The van der Waals surface area contributed by atoms with Crippen molar-refractivity contribution in [3.63, 3.8) is 0 Å². The fourth-order valence-electron chi connectivity index (χ4n) is 3.69. The van der Waals surface area contributed by atoms with Gasteiger partial charge in [0, 0.05) is 18.7 Å². The second-order valence-corrected chi connectivity index (χ2v) is 9.00. The van der Waals surface area contributed by atoms with Crippen molar-refractivity contribution in [1.29, 1.82) is 0 Å². The number of nitrogens with one attached hydrogen (secondary N) is 1. The van der Waals surface area contributed by atoms with Crippen molar-refractivity contribution >= 4 is 39.9 Å². The maximum atomic E-state index is 12.3. The fourth-order valence-corrected chi connectivity index (χ4v) is 5.26. The Balaban J connectivity index is 1.37. The Bertz CT molecular complexity index is 994. The minimum Gasteiger partial charge on any atom is -0.423 e. The second-order valence-electron chi connectivity index (χ2n) is 6.99. The monoisotopic (exact) mass is 400 g/mol. The van der Waals surface area contributed by atoms with E-state index in [1.807, 2.05) is 18.2 Å². The molecule has 9 heteroatoms. The van der Waals surface area contributed by atoms with E-state index < -0.39 is 17.1 Å². The summed E-state index contributed by atoms with van der Waals surface area (Å²) < 4.78 is 30.6. The van der Waals surface area contributed by atoms with E-state index in [4.69, 9.17) is 4.65 Å². The lowest BCUT2D eigenvalue weighted by Gasteiger charge is -2.17. The van der Waals surface area contributed by atoms with Crippen molar-refractivity contribution < 1.29 is 22.9 Å². The van der Waals surface area contributed by atoms with E-state index in [2.05, 4.69) is 5.32 Å². The molecule has 1 amide bonds. The molecule has 0 radical (unpaired) electrons. The van der Waals surface area contributed by atoms with Crippen LogP contribution in [0.1, 0.15) is 24.0 Å². The molecule has 4 rings (SSSR count). The Morgan fingerprint density at radius 1 is 1.21 bits per heavy atom. The zero-order valence-electron chi connectivity index (χ0n) is 15.3. The summed E-state index contributed by atoms with van der Waals surface area (Å²) in [5, 5.41) is 12.8. The van der Waals surface area contributed by atoms with Crippen LogP contribution in [-0.4, -0.2) is 38.8 Å². The van der Waals surface area contributed by atoms with Crippen LogP contribution in [0.2, 0.25) is 0 Å². The maximum Gasteiger partial charge on any atom is 0.492 e. The van der Waals surface area contributed by atoms with E-state index in [1.54, 1.807) is 24.3 Å². The zero-order valence-corrected chi connectivity index (χ0v) is 16.1. The Hall–Kier alpha value is -2.36. The predicted octanol–water partition coefficient (Wildman–Crippen LogP) is 1.02. The van der Waals surface area contributed by atoms with Crippen LogP contribution >= 0.6 is 0 Å². The van der Waals surface area contributed by atoms with Gasteiger partial charge in [-0.2, -0.15) is 0 Å². The molecular weight excluding hydrogens is 379 g/mol. The van der Waals surface area contributed by atoms with Crippen LogP contribution in [0.25, 0.3) is 0 Å². The third-order valence-corrected chi connectivity index (χ3v) is 6.96. The van der Waals surface area contributed by atoms with Gasteiger partial charge in [0.2, 0.25) is 15.9 Å². The SMILES string of the molecule is O=C(CCc1cccc2c1B(O)OC2)Nc1ccc(N2CCCS2(=O)=O)cc1. The Kier molecular flexibility index (Phi) is 5.14. The summed E-state index contributed by atoms with van der Waals surface area (Å²) in [7, 11) is -4.14. The van der Waals surface area contributed by atoms with Crippen molar-refractivity contribution in [2.45, 2.75) is 25.9 Å². The molecule has 1 saturated heterocycles. The minimum absolute atomic E-state index is 0.146. The van der Waals surface area contributed by atoms with Gasteiger partial charge in [0.1, 0.15) is 0 Å². The third kappa shape index (κ3) is 3.78. The summed E-state index contributed by atoms with van der Waals surface area (Å²) in [6, 6.07) is 12.5. The quantitative estimate of drug-likeness (QED) is 0.731. The van der Waals surface area contributed by atoms with Gasteiger partial charge in [0.15, 0.2) is 0 Å². The highest BCUT2D eigenvalue weighted by molar-refractivity contribution is 7.93. The van der Waals surface area contributed by atoms with Crippen LogP contribution in [0.4, 0.5) is 11.4 Å². The van der Waals surface area contributed by atoms with Gasteiger partial charge in [-0.3, -0.25) is 9.10 Å².